The zero-order chi connectivity index (χ0) is 19.7. The molecule has 0 radical (unpaired) electrons. The maximum atomic E-state index is 12.5. The van der Waals surface area contributed by atoms with Gasteiger partial charge in [0.25, 0.3) is 0 Å². The molecule has 1 aliphatic heterocycles. The first-order valence-electron chi connectivity index (χ1n) is 9.31. The number of esters is 1. The molecule has 6 atom stereocenters. The van der Waals surface area contributed by atoms with E-state index in [0.717, 1.165) is 0 Å². The van der Waals surface area contributed by atoms with Gasteiger partial charge in [0.1, 0.15) is 11.7 Å². The molecule has 2 fully saturated rings. The van der Waals surface area contributed by atoms with E-state index in [1.165, 1.54) is 0 Å². The van der Waals surface area contributed by atoms with Gasteiger partial charge in [-0.05, 0) is 52.9 Å². The SMILES string of the molecule is CC1OC1(C)C(=O)O[C@@H]1CC[C@]2(C)CC(=O)C(C(C)(C)O)=C[C@H]2[C@]1(C)O. The van der Waals surface area contributed by atoms with Crippen LogP contribution in [0.1, 0.15) is 60.8 Å². The Morgan fingerprint density at radius 1 is 1.35 bits per heavy atom. The van der Waals surface area contributed by atoms with Crippen molar-refractivity contribution in [3.8, 4) is 0 Å². The second-order valence-corrected chi connectivity index (χ2v) is 9.40. The Kier molecular flexibility index (Phi) is 4.23. The molecule has 2 N–H and O–H groups in total. The zero-order valence-electron chi connectivity index (χ0n) is 16.5. The van der Waals surface area contributed by atoms with Crippen LogP contribution in [0.25, 0.3) is 0 Å². The third kappa shape index (κ3) is 2.92. The number of ether oxygens (including phenoxy) is 2. The number of hydrogen-bond acceptors (Lipinski definition) is 6. The summed E-state index contributed by atoms with van der Waals surface area (Å²) in [6.07, 6.45) is 2.22. The Bertz CT molecular complexity index is 672. The van der Waals surface area contributed by atoms with Crippen molar-refractivity contribution in [3.05, 3.63) is 11.6 Å². The van der Waals surface area contributed by atoms with E-state index in [0.29, 0.717) is 18.4 Å². The predicted octanol–water partition coefficient (Wildman–Crippen LogP) is 1.91. The Morgan fingerprint density at radius 3 is 2.42 bits per heavy atom. The minimum Gasteiger partial charge on any atom is -0.457 e. The van der Waals surface area contributed by atoms with Crippen LogP contribution in [0, 0.1) is 11.3 Å². The van der Waals surface area contributed by atoms with E-state index in [4.69, 9.17) is 9.47 Å². The molecule has 1 saturated heterocycles. The maximum Gasteiger partial charge on any atom is 0.341 e. The van der Waals surface area contributed by atoms with Crippen molar-refractivity contribution >= 4 is 11.8 Å². The molecule has 26 heavy (non-hydrogen) atoms. The third-order valence-electron chi connectivity index (χ3n) is 6.66. The average Bonchev–Trinajstić information content (AvgIpc) is 3.09. The van der Waals surface area contributed by atoms with E-state index in [1.54, 1.807) is 33.8 Å². The number of carbonyl (C=O) groups is 2. The maximum absolute atomic E-state index is 12.5. The van der Waals surface area contributed by atoms with Gasteiger partial charge < -0.3 is 19.7 Å². The van der Waals surface area contributed by atoms with Gasteiger partial charge in [0, 0.05) is 17.9 Å². The topological polar surface area (TPSA) is 96.4 Å². The highest BCUT2D eigenvalue weighted by Crippen LogP contribution is 2.54. The molecule has 1 saturated carbocycles. The first-order valence-corrected chi connectivity index (χ1v) is 9.31. The smallest absolute Gasteiger partial charge is 0.341 e. The Labute approximate surface area is 154 Å². The molecular formula is C20H30O6. The summed E-state index contributed by atoms with van der Waals surface area (Å²) in [5, 5.41) is 21.6. The number of rotatable bonds is 3. The molecule has 3 aliphatic rings. The summed E-state index contributed by atoms with van der Waals surface area (Å²) in [5.41, 5.74) is -3.66. The number of ketones is 1. The number of hydrogen-bond donors (Lipinski definition) is 2. The molecule has 1 heterocycles. The molecule has 0 amide bonds. The number of aliphatic hydroxyl groups is 2. The van der Waals surface area contributed by atoms with E-state index < -0.39 is 40.2 Å². The molecule has 0 aromatic rings. The summed E-state index contributed by atoms with van der Waals surface area (Å²) in [5.74, 6) is -0.946. The van der Waals surface area contributed by atoms with E-state index in [-0.39, 0.29) is 18.3 Å². The van der Waals surface area contributed by atoms with Crippen LogP contribution in [0.2, 0.25) is 0 Å². The van der Waals surface area contributed by atoms with Crippen molar-refractivity contribution in [2.45, 2.75) is 89.8 Å². The predicted molar refractivity (Wildman–Crippen MR) is 94.3 cm³/mol. The zero-order valence-corrected chi connectivity index (χ0v) is 16.5. The van der Waals surface area contributed by atoms with Crippen LogP contribution in [0.3, 0.4) is 0 Å². The Morgan fingerprint density at radius 2 is 1.92 bits per heavy atom. The highest BCUT2D eigenvalue weighted by Gasteiger charge is 2.61. The fourth-order valence-electron chi connectivity index (χ4n) is 4.62. The fourth-order valence-corrected chi connectivity index (χ4v) is 4.62. The van der Waals surface area contributed by atoms with Gasteiger partial charge in [0.15, 0.2) is 11.4 Å². The van der Waals surface area contributed by atoms with Crippen LogP contribution in [0.15, 0.2) is 11.6 Å². The molecule has 3 rings (SSSR count). The number of fused-ring (bicyclic) bond motifs is 1. The van der Waals surface area contributed by atoms with Gasteiger partial charge in [0.05, 0.1) is 11.7 Å². The Balaban J connectivity index is 1.90. The first kappa shape index (κ1) is 19.5. The van der Waals surface area contributed by atoms with Gasteiger partial charge in [-0.3, -0.25) is 4.79 Å². The molecule has 0 aromatic carbocycles. The minimum atomic E-state index is -1.34. The van der Waals surface area contributed by atoms with Crippen molar-refractivity contribution in [1.82, 2.24) is 0 Å². The van der Waals surface area contributed by atoms with E-state index in [1.807, 2.05) is 13.8 Å². The van der Waals surface area contributed by atoms with Crippen LogP contribution in [0.4, 0.5) is 0 Å². The normalized spacial score (nSPS) is 45.6. The van der Waals surface area contributed by atoms with Gasteiger partial charge in [-0.1, -0.05) is 13.0 Å². The van der Waals surface area contributed by atoms with E-state index in [2.05, 4.69) is 0 Å². The lowest BCUT2D eigenvalue weighted by Crippen LogP contribution is -2.59. The van der Waals surface area contributed by atoms with Crippen LogP contribution in [-0.2, 0) is 19.1 Å². The van der Waals surface area contributed by atoms with Crippen molar-refractivity contribution in [2.24, 2.45) is 11.3 Å². The molecule has 2 aliphatic carbocycles. The number of Topliss-reactive ketones (excluding diaryl/α,β-unsaturated/α-hetero) is 1. The van der Waals surface area contributed by atoms with Crippen LogP contribution >= 0.6 is 0 Å². The molecule has 146 valence electrons. The van der Waals surface area contributed by atoms with Crippen molar-refractivity contribution in [3.63, 3.8) is 0 Å². The van der Waals surface area contributed by atoms with E-state index >= 15 is 0 Å². The molecule has 0 aromatic heterocycles. The lowest BCUT2D eigenvalue weighted by Gasteiger charge is -2.53. The van der Waals surface area contributed by atoms with Gasteiger partial charge in [-0.2, -0.15) is 0 Å². The van der Waals surface area contributed by atoms with E-state index in [9.17, 15) is 19.8 Å². The van der Waals surface area contributed by atoms with Crippen molar-refractivity contribution in [2.75, 3.05) is 0 Å². The summed E-state index contributed by atoms with van der Waals surface area (Å²) < 4.78 is 11.0. The van der Waals surface area contributed by atoms with Crippen LogP contribution < -0.4 is 0 Å². The van der Waals surface area contributed by atoms with Crippen molar-refractivity contribution in [1.29, 1.82) is 0 Å². The van der Waals surface area contributed by atoms with Crippen LogP contribution in [-0.4, -0.2) is 51.0 Å². The summed E-state index contributed by atoms with van der Waals surface area (Å²) in [6.45, 7) is 10.3. The molecular weight excluding hydrogens is 336 g/mol. The molecule has 0 spiro atoms. The number of carbonyl (C=O) groups excluding carboxylic acids is 2. The standard InChI is InChI=1S/C20H30O6/c1-11-20(6,26-11)16(22)25-15-7-8-18(4)10-13(21)12(17(2,3)23)9-14(18)19(15,5)24/h9,11,14-15,23-24H,7-8,10H2,1-6H3/t11?,14-,15-,18-,19+,20?/m1/s1. The summed E-state index contributed by atoms with van der Waals surface area (Å²) in [7, 11) is 0. The number of epoxide rings is 1. The third-order valence-corrected chi connectivity index (χ3v) is 6.66. The van der Waals surface area contributed by atoms with Gasteiger partial charge in [0.2, 0.25) is 0 Å². The van der Waals surface area contributed by atoms with Gasteiger partial charge in [-0.25, -0.2) is 4.79 Å². The largest absolute Gasteiger partial charge is 0.457 e. The monoisotopic (exact) mass is 366 g/mol. The first-order chi connectivity index (χ1) is 11.7. The highest BCUT2D eigenvalue weighted by atomic mass is 16.7. The molecule has 6 heteroatoms. The highest BCUT2D eigenvalue weighted by molar-refractivity contribution is 5.98. The second kappa shape index (κ2) is 5.63. The minimum absolute atomic E-state index is 0.0878. The van der Waals surface area contributed by atoms with Gasteiger partial charge >= 0.3 is 5.97 Å². The Hall–Kier alpha value is -1.24. The lowest BCUT2D eigenvalue weighted by molar-refractivity contribution is -0.194. The average molecular weight is 366 g/mol. The molecule has 2 unspecified atom stereocenters. The van der Waals surface area contributed by atoms with Crippen molar-refractivity contribution < 1.29 is 29.3 Å². The second-order valence-electron chi connectivity index (χ2n) is 9.40. The van der Waals surface area contributed by atoms with Gasteiger partial charge in [-0.15, -0.1) is 0 Å². The summed E-state index contributed by atoms with van der Waals surface area (Å²) >= 11 is 0. The molecule has 6 nitrogen and oxygen atoms in total. The molecule has 0 bridgehead atoms. The lowest BCUT2D eigenvalue weighted by atomic mass is 9.54. The quantitative estimate of drug-likeness (QED) is 0.585. The summed E-state index contributed by atoms with van der Waals surface area (Å²) in [6, 6.07) is 0. The fraction of sp³-hybridized carbons (Fsp3) is 0.800. The van der Waals surface area contributed by atoms with Crippen LogP contribution in [0.5, 0.6) is 0 Å². The summed E-state index contributed by atoms with van der Waals surface area (Å²) in [4.78, 5) is 25.0.